The van der Waals surface area contributed by atoms with Gasteiger partial charge in [-0.05, 0) is 59.5 Å². The number of hydrogen-bond acceptors (Lipinski definition) is 17. The minimum atomic E-state index is -5.18. The van der Waals surface area contributed by atoms with E-state index in [1.165, 1.54) is 24.3 Å². The predicted molar refractivity (Wildman–Crippen MR) is 185 cm³/mol. The largest absolute Gasteiger partial charge is 0.505 e. The Hall–Kier alpha value is -4.62. The van der Waals surface area contributed by atoms with Crippen molar-refractivity contribution in [1.29, 1.82) is 0 Å². The van der Waals surface area contributed by atoms with Gasteiger partial charge in [-0.2, -0.15) is 36.9 Å². The fourth-order valence-electron chi connectivity index (χ4n) is 4.11. The maximum Gasteiger partial charge on any atom is 0.296 e. The summed E-state index contributed by atoms with van der Waals surface area (Å²) in [7, 11) is -17.4. The second-order valence-electron chi connectivity index (χ2n) is 9.95. The molecule has 272 valence electrons. The SMILES string of the molecule is C=CS(=O)(=O)CCOCCNc1nc(Cl)nc(Nc2cc(S(=O)(=O)O)cc3cc(S(=O)(=O)O)c(/N=N/c4ccc(S(=O)(=O)C=C)cc4)c(O)c23)n1. The highest BCUT2D eigenvalue weighted by Crippen LogP contribution is 2.45. The molecule has 24 heteroatoms. The summed E-state index contributed by atoms with van der Waals surface area (Å²) in [6, 6.07) is 7.17. The lowest BCUT2D eigenvalue weighted by Gasteiger charge is -2.15. The van der Waals surface area contributed by atoms with Crippen LogP contribution in [0.25, 0.3) is 10.8 Å². The van der Waals surface area contributed by atoms with Gasteiger partial charge in [-0.15, -0.1) is 5.11 Å². The van der Waals surface area contributed by atoms with Crippen molar-refractivity contribution in [3.05, 3.63) is 71.7 Å². The number of anilines is 3. The van der Waals surface area contributed by atoms with Crippen LogP contribution >= 0.6 is 11.6 Å². The molecule has 0 amide bonds. The summed E-state index contributed by atoms with van der Waals surface area (Å²) < 4.78 is 121. The lowest BCUT2D eigenvalue weighted by Crippen LogP contribution is -2.16. The number of ether oxygens (including phenoxy) is 1. The molecule has 1 heterocycles. The topological polar surface area (TPSA) is 294 Å². The van der Waals surface area contributed by atoms with Gasteiger partial charge in [0.1, 0.15) is 10.6 Å². The van der Waals surface area contributed by atoms with Crippen molar-refractivity contribution in [3.63, 3.8) is 0 Å². The Morgan fingerprint density at radius 2 is 1.49 bits per heavy atom. The van der Waals surface area contributed by atoms with Gasteiger partial charge in [-0.25, -0.2) is 16.8 Å². The summed E-state index contributed by atoms with van der Waals surface area (Å²) in [5.41, 5.74) is -1.16. The van der Waals surface area contributed by atoms with Crippen molar-refractivity contribution in [3.8, 4) is 5.75 Å². The van der Waals surface area contributed by atoms with E-state index in [1.807, 2.05) is 0 Å². The van der Waals surface area contributed by atoms with Crippen LogP contribution in [0.5, 0.6) is 5.75 Å². The third-order valence-corrected chi connectivity index (χ3v) is 11.0. The van der Waals surface area contributed by atoms with Crippen molar-refractivity contribution in [2.45, 2.75) is 14.7 Å². The molecule has 51 heavy (non-hydrogen) atoms. The average Bonchev–Trinajstić information content (AvgIpc) is 3.04. The van der Waals surface area contributed by atoms with Gasteiger partial charge < -0.3 is 20.5 Å². The van der Waals surface area contributed by atoms with Crippen molar-refractivity contribution in [2.75, 3.05) is 36.1 Å². The molecule has 1 aromatic heterocycles. The van der Waals surface area contributed by atoms with E-state index in [1.54, 1.807) is 0 Å². The number of nitrogens with one attached hydrogen (secondary N) is 2. The minimum absolute atomic E-state index is 0.00841. The highest BCUT2D eigenvalue weighted by molar-refractivity contribution is 7.94. The number of aromatic nitrogens is 3. The Labute approximate surface area is 296 Å². The van der Waals surface area contributed by atoms with Crippen molar-refractivity contribution >= 4 is 91.2 Å². The van der Waals surface area contributed by atoms with E-state index in [9.17, 15) is 47.9 Å². The highest BCUT2D eigenvalue weighted by atomic mass is 35.5. The molecular formula is C27H26ClN7O12S4. The molecule has 0 aliphatic rings. The van der Waals surface area contributed by atoms with Crippen LogP contribution in [0.15, 0.2) is 91.4 Å². The molecule has 0 bridgehead atoms. The predicted octanol–water partition coefficient (Wildman–Crippen LogP) is 3.94. The molecule has 0 spiro atoms. The molecule has 0 radical (unpaired) electrons. The average molecular weight is 804 g/mol. The van der Waals surface area contributed by atoms with Crippen LogP contribution in [-0.4, -0.2) is 88.3 Å². The maximum atomic E-state index is 12.4. The van der Waals surface area contributed by atoms with E-state index < -0.39 is 61.1 Å². The molecule has 4 aromatic rings. The summed E-state index contributed by atoms with van der Waals surface area (Å²) >= 11 is 6.04. The number of halogens is 1. The summed E-state index contributed by atoms with van der Waals surface area (Å²) in [6.07, 6.45) is 0. The van der Waals surface area contributed by atoms with Gasteiger partial charge in [0.25, 0.3) is 20.2 Å². The Balaban J connectivity index is 1.76. The zero-order valence-corrected chi connectivity index (χ0v) is 29.7. The van der Waals surface area contributed by atoms with E-state index in [-0.39, 0.29) is 69.7 Å². The molecule has 0 aliphatic carbocycles. The van der Waals surface area contributed by atoms with E-state index in [0.717, 1.165) is 29.0 Å². The number of benzene rings is 3. The Morgan fingerprint density at radius 1 is 0.824 bits per heavy atom. The molecule has 0 aliphatic heterocycles. The van der Waals surface area contributed by atoms with E-state index in [4.69, 9.17) is 16.3 Å². The van der Waals surface area contributed by atoms with Crippen LogP contribution in [0.4, 0.5) is 29.0 Å². The lowest BCUT2D eigenvalue weighted by molar-refractivity contribution is 0.159. The summed E-state index contributed by atoms with van der Waals surface area (Å²) in [5, 5.41) is 24.9. The summed E-state index contributed by atoms with van der Waals surface area (Å²) in [6.45, 7) is 6.40. The maximum absolute atomic E-state index is 12.4. The molecular weight excluding hydrogens is 778 g/mol. The number of rotatable bonds is 16. The van der Waals surface area contributed by atoms with Crippen LogP contribution in [0, 0.1) is 0 Å². The van der Waals surface area contributed by atoms with Crippen LogP contribution in [0.2, 0.25) is 5.28 Å². The third-order valence-electron chi connectivity index (χ3n) is 6.50. The van der Waals surface area contributed by atoms with Crippen molar-refractivity contribution in [1.82, 2.24) is 15.0 Å². The van der Waals surface area contributed by atoms with E-state index >= 15 is 0 Å². The number of hydrogen-bond donors (Lipinski definition) is 5. The fraction of sp³-hybridized carbons (Fsp3) is 0.148. The van der Waals surface area contributed by atoms with Crippen molar-refractivity contribution in [2.24, 2.45) is 10.2 Å². The van der Waals surface area contributed by atoms with Gasteiger partial charge >= 0.3 is 0 Å². The number of phenols is 1. The zero-order chi connectivity index (χ0) is 37.8. The Kier molecular flexibility index (Phi) is 11.8. The zero-order valence-electron chi connectivity index (χ0n) is 25.7. The molecule has 4 rings (SSSR count). The molecule has 0 unspecified atom stereocenters. The normalized spacial score (nSPS) is 12.6. The number of aromatic hydroxyl groups is 1. The first-order valence-electron chi connectivity index (χ1n) is 13.8. The van der Waals surface area contributed by atoms with Gasteiger partial charge in [0.05, 0.1) is 40.1 Å². The van der Waals surface area contributed by atoms with Gasteiger partial charge in [-0.1, -0.05) is 13.2 Å². The van der Waals surface area contributed by atoms with Crippen LogP contribution in [0.1, 0.15) is 0 Å². The quantitative estimate of drug-likeness (QED) is 0.0609. The van der Waals surface area contributed by atoms with E-state index in [0.29, 0.717) is 0 Å². The smallest absolute Gasteiger partial charge is 0.296 e. The molecule has 0 saturated carbocycles. The molecule has 0 saturated heterocycles. The molecule has 0 fully saturated rings. The van der Waals surface area contributed by atoms with Gasteiger partial charge in [-0.3, -0.25) is 9.11 Å². The van der Waals surface area contributed by atoms with Crippen LogP contribution in [-0.2, 0) is 44.6 Å². The number of sulfone groups is 2. The molecule has 19 nitrogen and oxygen atoms in total. The van der Waals surface area contributed by atoms with Crippen LogP contribution < -0.4 is 10.6 Å². The Bertz CT molecular complexity index is 2500. The summed E-state index contributed by atoms with van der Waals surface area (Å²) in [5.74, 6) is -1.71. The summed E-state index contributed by atoms with van der Waals surface area (Å²) in [4.78, 5) is 9.97. The van der Waals surface area contributed by atoms with Crippen molar-refractivity contribution < 1.29 is 52.6 Å². The monoisotopic (exact) mass is 803 g/mol. The van der Waals surface area contributed by atoms with Gasteiger partial charge in [0, 0.05) is 22.7 Å². The number of phenolic OH excluding ortho intramolecular Hbond substituents is 1. The highest BCUT2D eigenvalue weighted by Gasteiger charge is 2.26. The first-order chi connectivity index (χ1) is 23.7. The number of fused-ring (bicyclic) bond motifs is 1. The van der Waals surface area contributed by atoms with Crippen LogP contribution in [0.3, 0.4) is 0 Å². The number of nitrogens with zero attached hydrogens (tertiary/aromatic N) is 5. The van der Waals surface area contributed by atoms with E-state index in [2.05, 4.69) is 49.0 Å². The molecule has 5 N–H and O–H groups in total. The second-order valence-corrected chi connectivity index (χ2v) is 17.1. The lowest BCUT2D eigenvalue weighted by atomic mass is 10.1. The molecule has 3 aromatic carbocycles. The van der Waals surface area contributed by atoms with Gasteiger partial charge in [0.15, 0.2) is 25.4 Å². The Morgan fingerprint density at radius 3 is 2.10 bits per heavy atom. The minimum Gasteiger partial charge on any atom is -0.505 e. The first-order valence-corrected chi connectivity index (χ1v) is 20.3. The second kappa shape index (κ2) is 15.3. The standard InChI is InChI=1S/C27H26ClN7O12S4/c1-3-48(37,38)12-11-47-10-9-29-26-31-25(28)32-27(33-26)30-20-15-19(50(41,42)43)13-16-14-21(51(44,45)46)23(24(36)22(16)20)35-34-17-5-7-18(8-6-17)49(39,40)4-2/h3-8,13-15,36H,1-2,9-12H2,(H,41,42,43)(H,44,45,46)(H2,29,30,31,32,33)/b35-34+. The fourth-order valence-corrected chi connectivity index (χ4v) is 6.69. The third kappa shape index (κ3) is 10.0. The molecule has 0 atom stereocenters. The number of azo groups is 1. The van der Waals surface area contributed by atoms with Gasteiger partial charge in [0.2, 0.25) is 17.2 Å². The first kappa shape index (κ1) is 39.2.